The van der Waals surface area contributed by atoms with Crippen LogP contribution in [0.25, 0.3) is 0 Å². The quantitative estimate of drug-likeness (QED) is 0.744. The van der Waals surface area contributed by atoms with E-state index in [9.17, 15) is 0 Å². The molecule has 0 aromatic carbocycles. The topological polar surface area (TPSA) is 15.3 Å². The van der Waals surface area contributed by atoms with Gasteiger partial charge in [-0.1, -0.05) is 20.8 Å². The molecule has 0 saturated carbocycles. The lowest BCUT2D eigenvalue weighted by Gasteiger charge is -2.35. The minimum atomic E-state index is 0.612. The maximum absolute atomic E-state index is 3.51. The number of piperidine rings is 1. The Balaban J connectivity index is 2.20. The molecule has 2 heteroatoms. The van der Waals surface area contributed by atoms with E-state index in [1.165, 1.54) is 25.9 Å². The third-order valence-electron chi connectivity index (χ3n) is 3.26. The Morgan fingerprint density at radius 2 is 1.79 bits per heavy atom. The average molecular weight is 198 g/mol. The average Bonchev–Trinajstić information content (AvgIpc) is 2.15. The van der Waals surface area contributed by atoms with Gasteiger partial charge >= 0.3 is 0 Å². The van der Waals surface area contributed by atoms with Crippen molar-refractivity contribution in [2.24, 2.45) is 5.92 Å². The van der Waals surface area contributed by atoms with Crippen molar-refractivity contribution >= 4 is 0 Å². The van der Waals surface area contributed by atoms with Gasteiger partial charge in [-0.05, 0) is 38.8 Å². The van der Waals surface area contributed by atoms with E-state index in [2.05, 4.69) is 37.9 Å². The fourth-order valence-corrected chi connectivity index (χ4v) is 2.00. The Hall–Kier alpha value is -0.0800. The molecule has 0 radical (unpaired) electrons. The number of nitrogens with zero attached hydrogens (tertiary/aromatic N) is 1. The lowest BCUT2D eigenvalue weighted by Crippen LogP contribution is -2.45. The fraction of sp³-hybridized carbons (Fsp3) is 1.00. The molecule has 1 fully saturated rings. The van der Waals surface area contributed by atoms with E-state index >= 15 is 0 Å². The van der Waals surface area contributed by atoms with Crippen molar-refractivity contribution < 1.29 is 0 Å². The van der Waals surface area contributed by atoms with Crippen molar-refractivity contribution in [3.8, 4) is 0 Å². The van der Waals surface area contributed by atoms with Crippen molar-refractivity contribution in [3.63, 3.8) is 0 Å². The highest BCUT2D eigenvalue weighted by Crippen LogP contribution is 2.17. The highest BCUT2D eigenvalue weighted by Gasteiger charge is 2.19. The molecule has 14 heavy (non-hydrogen) atoms. The van der Waals surface area contributed by atoms with Crippen LogP contribution in [0.2, 0.25) is 0 Å². The maximum atomic E-state index is 3.51. The zero-order valence-corrected chi connectivity index (χ0v) is 10.2. The maximum Gasteiger partial charge on any atom is 0.0192 e. The molecule has 1 unspecified atom stereocenters. The second-order valence-corrected chi connectivity index (χ2v) is 5.13. The monoisotopic (exact) mass is 198 g/mol. The zero-order chi connectivity index (χ0) is 10.6. The van der Waals surface area contributed by atoms with Gasteiger partial charge in [0.1, 0.15) is 0 Å². The molecule has 1 rings (SSSR count). The predicted molar refractivity (Wildman–Crippen MR) is 62.6 cm³/mol. The zero-order valence-electron chi connectivity index (χ0n) is 10.2. The molecule has 2 nitrogen and oxygen atoms in total. The van der Waals surface area contributed by atoms with E-state index in [0.717, 1.165) is 12.5 Å². The number of hydrogen-bond acceptors (Lipinski definition) is 2. The van der Waals surface area contributed by atoms with Gasteiger partial charge in [0.25, 0.3) is 0 Å². The van der Waals surface area contributed by atoms with Crippen molar-refractivity contribution in [3.05, 3.63) is 0 Å². The minimum absolute atomic E-state index is 0.612. The Morgan fingerprint density at radius 3 is 2.29 bits per heavy atom. The van der Waals surface area contributed by atoms with Gasteiger partial charge in [0.15, 0.2) is 0 Å². The summed E-state index contributed by atoms with van der Waals surface area (Å²) in [6, 6.07) is 1.31. The summed E-state index contributed by atoms with van der Waals surface area (Å²) in [7, 11) is 0. The Morgan fingerprint density at radius 1 is 1.21 bits per heavy atom. The molecule has 0 aromatic heterocycles. The minimum Gasteiger partial charge on any atom is -0.313 e. The van der Waals surface area contributed by atoms with Crippen LogP contribution in [0.15, 0.2) is 0 Å². The second kappa shape index (κ2) is 5.72. The van der Waals surface area contributed by atoms with Gasteiger partial charge in [0.2, 0.25) is 0 Å². The third kappa shape index (κ3) is 3.97. The van der Waals surface area contributed by atoms with Crippen LogP contribution >= 0.6 is 0 Å². The van der Waals surface area contributed by atoms with Crippen LogP contribution in [0.1, 0.15) is 40.5 Å². The van der Waals surface area contributed by atoms with Crippen LogP contribution in [-0.4, -0.2) is 36.6 Å². The summed E-state index contributed by atoms with van der Waals surface area (Å²) in [6.07, 6.45) is 2.76. The van der Waals surface area contributed by atoms with Crippen molar-refractivity contribution in [2.45, 2.75) is 52.6 Å². The number of nitrogens with one attached hydrogen (secondary N) is 1. The Bertz CT molecular complexity index is 148. The predicted octanol–water partition coefficient (Wildman–Crippen LogP) is 2.10. The van der Waals surface area contributed by atoms with E-state index in [4.69, 9.17) is 0 Å². The first kappa shape index (κ1) is 12.0. The van der Waals surface area contributed by atoms with Gasteiger partial charge in [0, 0.05) is 18.6 Å². The van der Waals surface area contributed by atoms with Gasteiger partial charge < -0.3 is 5.32 Å². The molecular weight excluding hydrogens is 172 g/mol. The Kier molecular flexibility index (Phi) is 4.90. The van der Waals surface area contributed by atoms with Gasteiger partial charge in [-0.25, -0.2) is 0 Å². The molecular formula is C12H26N2. The third-order valence-corrected chi connectivity index (χ3v) is 3.26. The Labute approximate surface area is 89.1 Å². The number of rotatable bonds is 4. The SMILES string of the molecule is CC1CCN(C(C)CNC(C)C)CC1. The highest BCUT2D eigenvalue weighted by molar-refractivity contribution is 4.76. The van der Waals surface area contributed by atoms with Crippen LogP contribution in [0.3, 0.4) is 0 Å². The van der Waals surface area contributed by atoms with Crippen molar-refractivity contribution in [2.75, 3.05) is 19.6 Å². The largest absolute Gasteiger partial charge is 0.313 e. The highest BCUT2D eigenvalue weighted by atomic mass is 15.2. The summed E-state index contributed by atoms with van der Waals surface area (Å²) >= 11 is 0. The molecule has 0 spiro atoms. The van der Waals surface area contributed by atoms with Gasteiger partial charge in [-0.3, -0.25) is 4.90 Å². The summed E-state index contributed by atoms with van der Waals surface area (Å²) in [5, 5.41) is 3.51. The first-order chi connectivity index (χ1) is 6.59. The van der Waals surface area contributed by atoms with Gasteiger partial charge in [-0.2, -0.15) is 0 Å². The van der Waals surface area contributed by atoms with Gasteiger partial charge in [0.05, 0.1) is 0 Å². The first-order valence-electron chi connectivity index (χ1n) is 6.07. The summed E-state index contributed by atoms with van der Waals surface area (Å²) in [6.45, 7) is 12.9. The van der Waals surface area contributed by atoms with Crippen molar-refractivity contribution in [1.82, 2.24) is 10.2 Å². The smallest absolute Gasteiger partial charge is 0.0192 e. The van der Waals surface area contributed by atoms with Crippen LogP contribution < -0.4 is 5.32 Å². The lowest BCUT2D eigenvalue weighted by molar-refractivity contribution is 0.143. The number of hydrogen-bond donors (Lipinski definition) is 1. The van der Waals surface area contributed by atoms with Crippen LogP contribution in [0.4, 0.5) is 0 Å². The van der Waals surface area contributed by atoms with Crippen LogP contribution in [0, 0.1) is 5.92 Å². The summed E-state index contributed by atoms with van der Waals surface area (Å²) in [5.74, 6) is 0.941. The molecule has 84 valence electrons. The summed E-state index contributed by atoms with van der Waals surface area (Å²) < 4.78 is 0. The summed E-state index contributed by atoms with van der Waals surface area (Å²) in [5.41, 5.74) is 0. The molecule has 1 N–H and O–H groups in total. The van der Waals surface area contributed by atoms with Crippen LogP contribution in [0.5, 0.6) is 0 Å². The number of likely N-dealkylation sites (tertiary alicyclic amines) is 1. The van der Waals surface area contributed by atoms with E-state index in [0.29, 0.717) is 12.1 Å². The van der Waals surface area contributed by atoms with Gasteiger partial charge in [-0.15, -0.1) is 0 Å². The molecule has 1 aliphatic rings. The molecule has 1 aliphatic heterocycles. The molecule has 0 bridgehead atoms. The molecule has 0 aromatic rings. The molecule has 1 heterocycles. The van der Waals surface area contributed by atoms with Crippen LogP contribution in [-0.2, 0) is 0 Å². The van der Waals surface area contributed by atoms with Crippen molar-refractivity contribution in [1.29, 1.82) is 0 Å². The molecule has 1 saturated heterocycles. The standard InChI is InChI=1S/C12H26N2/c1-10(2)13-9-12(4)14-7-5-11(3)6-8-14/h10-13H,5-9H2,1-4H3. The lowest BCUT2D eigenvalue weighted by atomic mass is 9.98. The first-order valence-corrected chi connectivity index (χ1v) is 6.07. The molecule has 1 atom stereocenters. The van der Waals surface area contributed by atoms with E-state index in [1.54, 1.807) is 0 Å². The molecule has 0 amide bonds. The van der Waals surface area contributed by atoms with E-state index < -0.39 is 0 Å². The normalized spacial score (nSPS) is 22.9. The summed E-state index contributed by atoms with van der Waals surface area (Å²) in [4.78, 5) is 2.62. The fourth-order valence-electron chi connectivity index (χ4n) is 2.00. The van der Waals surface area contributed by atoms with E-state index in [1.807, 2.05) is 0 Å². The molecule has 0 aliphatic carbocycles. The second-order valence-electron chi connectivity index (χ2n) is 5.13. The van der Waals surface area contributed by atoms with E-state index in [-0.39, 0.29) is 0 Å².